The first-order chi connectivity index (χ1) is 7.54. The molecule has 2 N–H and O–H groups in total. The summed E-state index contributed by atoms with van der Waals surface area (Å²) in [5.41, 5.74) is 6.20. The van der Waals surface area contributed by atoms with Crippen LogP contribution in [0.4, 0.5) is 4.39 Å². The van der Waals surface area contributed by atoms with Crippen LogP contribution in [0.2, 0.25) is 0 Å². The first kappa shape index (κ1) is 12.6. The van der Waals surface area contributed by atoms with Gasteiger partial charge in [0.05, 0.1) is 0 Å². The molecule has 1 rings (SSSR count). The van der Waals surface area contributed by atoms with E-state index in [4.69, 9.17) is 5.73 Å². The van der Waals surface area contributed by atoms with E-state index in [1.54, 1.807) is 31.0 Å². The van der Waals surface area contributed by atoms with Crippen LogP contribution in [0.15, 0.2) is 24.3 Å². The zero-order valence-electron chi connectivity index (χ0n) is 9.61. The van der Waals surface area contributed by atoms with Crippen molar-refractivity contribution in [2.75, 3.05) is 13.6 Å². The van der Waals surface area contributed by atoms with Gasteiger partial charge in [-0.1, -0.05) is 19.1 Å². The van der Waals surface area contributed by atoms with Gasteiger partial charge < -0.3 is 10.6 Å². The highest BCUT2D eigenvalue weighted by atomic mass is 19.1. The topological polar surface area (TPSA) is 46.3 Å². The Labute approximate surface area is 95.0 Å². The maximum Gasteiger partial charge on any atom is 0.226 e. The summed E-state index contributed by atoms with van der Waals surface area (Å²) in [6.45, 7) is 2.51. The summed E-state index contributed by atoms with van der Waals surface area (Å²) in [5.74, 6) is -0.504. The number of rotatable bonds is 4. The number of carbonyl (C=O) groups is 1. The predicted molar refractivity (Wildman–Crippen MR) is 61.1 cm³/mol. The molecule has 0 saturated heterocycles. The van der Waals surface area contributed by atoms with Gasteiger partial charge >= 0.3 is 0 Å². The molecule has 0 aliphatic rings. The maximum atomic E-state index is 12.9. The van der Waals surface area contributed by atoms with E-state index >= 15 is 0 Å². The number of nitrogens with two attached hydrogens (primary N) is 1. The molecule has 0 bridgehead atoms. The molecule has 1 aromatic carbocycles. The van der Waals surface area contributed by atoms with Gasteiger partial charge in [0.25, 0.3) is 0 Å². The molecule has 0 fully saturated rings. The molecule has 1 unspecified atom stereocenters. The molecule has 1 amide bonds. The highest BCUT2D eigenvalue weighted by Gasteiger charge is 2.15. The average Bonchev–Trinajstić information content (AvgIpc) is 2.27. The molecule has 0 aliphatic carbocycles. The Morgan fingerprint density at radius 3 is 2.81 bits per heavy atom. The van der Waals surface area contributed by atoms with Crippen molar-refractivity contribution in [2.24, 2.45) is 11.7 Å². The molecule has 1 atom stereocenters. The number of nitrogens with zero attached hydrogens (tertiary/aromatic N) is 1. The Balaban J connectivity index is 2.64. The summed E-state index contributed by atoms with van der Waals surface area (Å²) < 4.78 is 12.9. The fourth-order valence-electron chi connectivity index (χ4n) is 1.46. The van der Waals surface area contributed by atoms with Crippen LogP contribution < -0.4 is 5.73 Å². The lowest BCUT2D eigenvalue weighted by atomic mass is 10.1. The number of halogens is 1. The number of hydrogen-bond acceptors (Lipinski definition) is 2. The smallest absolute Gasteiger partial charge is 0.226 e. The van der Waals surface area contributed by atoms with Gasteiger partial charge in [-0.15, -0.1) is 0 Å². The van der Waals surface area contributed by atoms with E-state index in [1.165, 1.54) is 12.1 Å². The zero-order chi connectivity index (χ0) is 12.1. The largest absolute Gasteiger partial charge is 0.341 e. The van der Waals surface area contributed by atoms with E-state index in [1.807, 2.05) is 0 Å². The van der Waals surface area contributed by atoms with Crippen molar-refractivity contribution in [3.8, 4) is 0 Å². The minimum Gasteiger partial charge on any atom is -0.341 e. The van der Waals surface area contributed by atoms with E-state index in [9.17, 15) is 9.18 Å². The zero-order valence-corrected chi connectivity index (χ0v) is 9.61. The first-order valence-corrected chi connectivity index (χ1v) is 5.24. The summed E-state index contributed by atoms with van der Waals surface area (Å²) in [7, 11) is 1.69. The van der Waals surface area contributed by atoms with Crippen LogP contribution in [0.5, 0.6) is 0 Å². The molecular weight excluding hydrogens is 207 g/mol. The molecule has 0 heterocycles. The summed E-state index contributed by atoms with van der Waals surface area (Å²) in [5, 5.41) is 0. The van der Waals surface area contributed by atoms with Gasteiger partial charge in [0.15, 0.2) is 0 Å². The lowest BCUT2D eigenvalue weighted by Gasteiger charge is -2.20. The third-order valence-corrected chi connectivity index (χ3v) is 2.46. The molecule has 88 valence electrons. The van der Waals surface area contributed by atoms with Crippen LogP contribution >= 0.6 is 0 Å². The van der Waals surface area contributed by atoms with E-state index in [0.29, 0.717) is 13.1 Å². The highest BCUT2D eigenvalue weighted by Crippen LogP contribution is 2.08. The third kappa shape index (κ3) is 3.31. The molecular formula is C12H17FN2O. The summed E-state index contributed by atoms with van der Waals surface area (Å²) in [6.07, 6.45) is 0. The monoisotopic (exact) mass is 224 g/mol. The van der Waals surface area contributed by atoms with Crippen molar-refractivity contribution < 1.29 is 9.18 Å². The lowest BCUT2D eigenvalue weighted by molar-refractivity contribution is -0.133. The van der Waals surface area contributed by atoms with Crippen LogP contribution in [0.25, 0.3) is 0 Å². The van der Waals surface area contributed by atoms with Gasteiger partial charge in [0.1, 0.15) is 5.82 Å². The van der Waals surface area contributed by atoms with Crippen molar-refractivity contribution >= 4 is 5.91 Å². The van der Waals surface area contributed by atoms with E-state index in [0.717, 1.165) is 5.56 Å². The Bertz CT molecular complexity index is 368. The molecule has 1 aromatic rings. The van der Waals surface area contributed by atoms with Crippen molar-refractivity contribution in [3.05, 3.63) is 35.6 Å². The average molecular weight is 224 g/mol. The summed E-state index contributed by atoms with van der Waals surface area (Å²) in [6, 6.07) is 6.24. The minimum absolute atomic E-state index is 0.0215. The first-order valence-electron chi connectivity index (χ1n) is 5.24. The normalized spacial score (nSPS) is 12.2. The molecule has 4 heteroatoms. The van der Waals surface area contributed by atoms with Gasteiger partial charge in [-0.25, -0.2) is 4.39 Å². The highest BCUT2D eigenvalue weighted by molar-refractivity contribution is 5.78. The number of amides is 1. The summed E-state index contributed by atoms with van der Waals surface area (Å²) in [4.78, 5) is 13.3. The Morgan fingerprint density at radius 1 is 1.56 bits per heavy atom. The molecule has 0 spiro atoms. The van der Waals surface area contributed by atoms with Crippen LogP contribution in [0.3, 0.4) is 0 Å². The number of hydrogen-bond donors (Lipinski definition) is 1. The standard InChI is InChI=1S/C12H17FN2O/c1-9(7-14)12(16)15(2)8-10-4-3-5-11(13)6-10/h3-6,9H,7-8,14H2,1-2H3. The second kappa shape index (κ2) is 5.61. The van der Waals surface area contributed by atoms with Crippen molar-refractivity contribution in [3.63, 3.8) is 0 Å². The molecule has 0 aliphatic heterocycles. The second-order valence-electron chi connectivity index (χ2n) is 3.96. The molecule has 0 saturated carbocycles. The Hall–Kier alpha value is -1.42. The Kier molecular flexibility index (Phi) is 4.43. The van der Waals surface area contributed by atoms with Gasteiger partial charge in [-0.05, 0) is 17.7 Å². The molecule has 0 aromatic heterocycles. The van der Waals surface area contributed by atoms with Gasteiger partial charge in [-0.2, -0.15) is 0 Å². The number of benzene rings is 1. The van der Waals surface area contributed by atoms with Crippen molar-refractivity contribution in [2.45, 2.75) is 13.5 Å². The van der Waals surface area contributed by atoms with Crippen molar-refractivity contribution in [1.82, 2.24) is 4.90 Å². The van der Waals surface area contributed by atoms with Gasteiger partial charge in [-0.3, -0.25) is 4.79 Å². The van der Waals surface area contributed by atoms with Crippen molar-refractivity contribution in [1.29, 1.82) is 0 Å². The van der Waals surface area contributed by atoms with E-state index in [2.05, 4.69) is 0 Å². The van der Waals surface area contributed by atoms with Crippen LogP contribution in [0.1, 0.15) is 12.5 Å². The molecule has 0 radical (unpaired) electrons. The minimum atomic E-state index is -0.287. The quantitative estimate of drug-likeness (QED) is 0.839. The lowest BCUT2D eigenvalue weighted by Crippen LogP contribution is -2.34. The van der Waals surface area contributed by atoms with Crippen LogP contribution in [0, 0.1) is 11.7 Å². The van der Waals surface area contributed by atoms with Gasteiger partial charge in [0.2, 0.25) is 5.91 Å². The Morgan fingerprint density at radius 2 is 2.25 bits per heavy atom. The fraction of sp³-hybridized carbons (Fsp3) is 0.417. The SMILES string of the molecule is CC(CN)C(=O)N(C)Cc1cccc(F)c1. The molecule has 3 nitrogen and oxygen atoms in total. The van der Waals surface area contributed by atoms with Crippen LogP contribution in [-0.4, -0.2) is 24.4 Å². The molecule has 16 heavy (non-hydrogen) atoms. The van der Waals surface area contributed by atoms with Crippen LogP contribution in [-0.2, 0) is 11.3 Å². The predicted octanol–water partition coefficient (Wildman–Crippen LogP) is 1.38. The van der Waals surface area contributed by atoms with E-state index < -0.39 is 0 Å². The maximum absolute atomic E-state index is 12.9. The summed E-state index contributed by atoms with van der Waals surface area (Å²) >= 11 is 0. The van der Waals surface area contributed by atoms with Gasteiger partial charge in [0, 0.05) is 26.1 Å². The fourth-order valence-corrected chi connectivity index (χ4v) is 1.46. The second-order valence-corrected chi connectivity index (χ2v) is 3.96. The number of carbonyl (C=O) groups excluding carboxylic acids is 1. The third-order valence-electron chi connectivity index (χ3n) is 2.46. The van der Waals surface area contributed by atoms with E-state index in [-0.39, 0.29) is 17.6 Å².